The molecule has 1 unspecified atom stereocenters. The van der Waals surface area contributed by atoms with E-state index in [0.29, 0.717) is 0 Å². The number of nitro benzene ring substituents is 1. The van der Waals surface area contributed by atoms with Gasteiger partial charge in [-0.2, -0.15) is 0 Å². The lowest BCUT2D eigenvalue weighted by Crippen LogP contribution is -1.99. The van der Waals surface area contributed by atoms with E-state index < -0.39 is 29.7 Å². The Morgan fingerprint density at radius 2 is 2.05 bits per heavy atom. The van der Waals surface area contributed by atoms with Crippen LogP contribution in [0.2, 0.25) is 0 Å². The van der Waals surface area contributed by atoms with Gasteiger partial charge in [0.25, 0.3) is 0 Å². The minimum Gasteiger partial charge on any atom is -0.502 e. The first-order valence-electron chi connectivity index (χ1n) is 5.70. The highest BCUT2D eigenvalue weighted by Gasteiger charge is 2.21. The summed E-state index contributed by atoms with van der Waals surface area (Å²) in [5, 5.41) is 28.4. The van der Waals surface area contributed by atoms with E-state index in [2.05, 4.69) is 0 Å². The molecule has 8 nitrogen and oxygen atoms in total. The number of carbonyl (C=O) groups is 1. The number of carboxylic acids is 1. The summed E-state index contributed by atoms with van der Waals surface area (Å²) in [5.41, 5.74) is -0.288. The first-order chi connectivity index (χ1) is 9.21. The van der Waals surface area contributed by atoms with Crippen molar-refractivity contribution in [2.75, 3.05) is 6.16 Å². The van der Waals surface area contributed by atoms with Crippen LogP contribution in [0, 0.1) is 10.1 Å². The van der Waals surface area contributed by atoms with Gasteiger partial charge in [0.15, 0.2) is 5.75 Å². The maximum atomic E-state index is 11.9. The molecule has 0 spiro atoms. The van der Waals surface area contributed by atoms with Crippen molar-refractivity contribution in [3.63, 3.8) is 0 Å². The van der Waals surface area contributed by atoms with Gasteiger partial charge in [-0.1, -0.05) is 6.07 Å². The van der Waals surface area contributed by atoms with Gasteiger partial charge in [-0.3, -0.25) is 19.5 Å². The molecule has 0 aliphatic rings. The van der Waals surface area contributed by atoms with Gasteiger partial charge in [-0.15, -0.1) is 0 Å². The summed E-state index contributed by atoms with van der Waals surface area (Å²) in [7, 11) is -3.60. The Labute approximate surface area is 114 Å². The number of nitrogens with zero attached hydrogens (tertiary/aromatic N) is 1. The van der Waals surface area contributed by atoms with E-state index in [4.69, 9.17) is 5.11 Å². The Morgan fingerprint density at radius 1 is 1.40 bits per heavy atom. The van der Waals surface area contributed by atoms with Crippen molar-refractivity contribution in [3.8, 4) is 5.75 Å². The number of nitro groups is 1. The second-order valence-electron chi connectivity index (χ2n) is 4.31. The summed E-state index contributed by atoms with van der Waals surface area (Å²) in [4.78, 5) is 29.9. The molecular weight excluding hydrogens is 289 g/mol. The topological polar surface area (TPSA) is 138 Å². The molecule has 1 aromatic carbocycles. The highest BCUT2D eigenvalue weighted by atomic mass is 31.2. The Kier molecular flexibility index (Phi) is 5.24. The standard InChI is InChI=1S/C11H14NO7P/c13-10-4-3-8(6-9(10)12(16)17)7-20(18,19)5-1-2-11(14)15/h3-4,6,13H,1-2,5,7H2,(H,14,15)(H,18,19). The minimum atomic E-state index is -3.60. The highest BCUT2D eigenvalue weighted by Crippen LogP contribution is 2.46. The number of benzene rings is 1. The van der Waals surface area contributed by atoms with Crippen LogP contribution in [-0.2, 0) is 15.5 Å². The van der Waals surface area contributed by atoms with Gasteiger partial charge in [-0.05, 0) is 18.1 Å². The largest absolute Gasteiger partial charge is 0.502 e. The number of phenols is 1. The zero-order valence-electron chi connectivity index (χ0n) is 10.4. The van der Waals surface area contributed by atoms with Crippen LogP contribution in [-0.4, -0.2) is 32.2 Å². The lowest BCUT2D eigenvalue weighted by molar-refractivity contribution is -0.385. The van der Waals surface area contributed by atoms with E-state index in [0.717, 1.165) is 12.1 Å². The van der Waals surface area contributed by atoms with E-state index >= 15 is 0 Å². The SMILES string of the molecule is O=C(O)CCCP(=O)(O)Cc1ccc(O)c([N+](=O)[O-])c1. The molecule has 0 heterocycles. The van der Waals surface area contributed by atoms with Gasteiger partial charge in [0, 0.05) is 24.8 Å². The summed E-state index contributed by atoms with van der Waals surface area (Å²) >= 11 is 0. The third-order valence-corrected chi connectivity index (χ3v) is 4.44. The number of phenolic OH excluding ortho intramolecular Hbond substituents is 1. The molecule has 0 saturated heterocycles. The second kappa shape index (κ2) is 6.49. The third kappa shape index (κ3) is 4.99. The number of aliphatic carboxylic acids is 1. The Hall–Kier alpha value is -1.92. The smallest absolute Gasteiger partial charge is 0.310 e. The maximum absolute atomic E-state index is 11.9. The summed E-state index contributed by atoms with van der Waals surface area (Å²) in [5.74, 6) is -1.57. The van der Waals surface area contributed by atoms with Gasteiger partial charge in [0.2, 0.25) is 7.37 Å². The molecule has 1 aromatic rings. The van der Waals surface area contributed by atoms with Crippen LogP contribution in [0.1, 0.15) is 18.4 Å². The van der Waals surface area contributed by atoms with Crippen LogP contribution in [0.25, 0.3) is 0 Å². The molecular formula is C11H14NO7P. The number of aromatic hydroxyl groups is 1. The predicted octanol–water partition coefficient (Wildman–Crippen LogP) is 1.94. The van der Waals surface area contributed by atoms with Crippen molar-refractivity contribution in [1.29, 1.82) is 0 Å². The monoisotopic (exact) mass is 303 g/mol. The molecule has 0 radical (unpaired) electrons. The van der Waals surface area contributed by atoms with Crippen LogP contribution in [0.3, 0.4) is 0 Å². The van der Waals surface area contributed by atoms with E-state index in [1.807, 2.05) is 0 Å². The number of rotatable bonds is 7. The minimum absolute atomic E-state index is 0.0588. The van der Waals surface area contributed by atoms with E-state index in [1.54, 1.807) is 0 Å². The van der Waals surface area contributed by atoms with Crippen LogP contribution in [0.15, 0.2) is 18.2 Å². The van der Waals surface area contributed by atoms with E-state index in [-0.39, 0.29) is 30.7 Å². The normalized spacial score (nSPS) is 13.7. The lowest BCUT2D eigenvalue weighted by atomic mass is 10.2. The van der Waals surface area contributed by atoms with Crippen molar-refractivity contribution in [1.82, 2.24) is 0 Å². The van der Waals surface area contributed by atoms with Crippen molar-refractivity contribution < 1.29 is 29.4 Å². The van der Waals surface area contributed by atoms with Gasteiger partial charge < -0.3 is 15.1 Å². The fraction of sp³-hybridized carbons (Fsp3) is 0.364. The second-order valence-corrected chi connectivity index (χ2v) is 6.76. The van der Waals surface area contributed by atoms with E-state index in [9.17, 15) is 29.5 Å². The molecule has 110 valence electrons. The number of carboxylic acid groups (broad SMARTS) is 1. The Morgan fingerprint density at radius 3 is 2.60 bits per heavy atom. The molecule has 20 heavy (non-hydrogen) atoms. The first kappa shape index (κ1) is 16.1. The van der Waals surface area contributed by atoms with Crippen molar-refractivity contribution in [2.24, 2.45) is 0 Å². The maximum Gasteiger partial charge on any atom is 0.310 e. The quantitative estimate of drug-likeness (QED) is 0.397. The Bertz CT molecular complexity index is 572. The molecule has 1 rings (SSSR count). The zero-order valence-corrected chi connectivity index (χ0v) is 11.3. The van der Waals surface area contributed by atoms with Gasteiger partial charge in [0.05, 0.1) is 4.92 Å². The van der Waals surface area contributed by atoms with Crippen LogP contribution < -0.4 is 0 Å². The van der Waals surface area contributed by atoms with Crippen molar-refractivity contribution in [3.05, 3.63) is 33.9 Å². The third-order valence-electron chi connectivity index (χ3n) is 2.56. The molecule has 0 saturated carbocycles. The molecule has 1 atom stereocenters. The average Bonchev–Trinajstić information content (AvgIpc) is 2.30. The van der Waals surface area contributed by atoms with Gasteiger partial charge in [0.1, 0.15) is 0 Å². The molecule has 0 fully saturated rings. The summed E-state index contributed by atoms with van der Waals surface area (Å²) in [6.45, 7) is 0. The van der Waals surface area contributed by atoms with Crippen molar-refractivity contribution in [2.45, 2.75) is 19.0 Å². The fourth-order valence-electron chi connectivity index (χ4n) is 1.66. The lowest BCUT2D eigenvalue weighted by Gasteiger charge is -2.11. The zero-order chi connectivity index (χ0) is 15.3. The number of hydrogen-bond donors (Lipinski definition) is 3. The summed E-state index contributed by atoms with van der Waals surface area (Å²) in [6, 6.07) is 3.45. The van der Waals surface area contributed by atoms with Crippen LogP contribution in [0.4, 0.5) is 5.69 Å². The molecule has 0 aromatic heterocycles. The average molecular weight is 303 g/mol. The van der Waals surface area contributed by atoms with Crippen LogP contribution in [0.5, 0.6) is 5.75 Å². The van der Waals surface area contributed by atoms with Crippen molar-refractivity contribution >= 4 is 19.0 Å². The van der Waals surface area contributed by atoms with Gasteiger partial charge >= 0.3 is 11.7 Å². The molecule has 0 amide bonds. The molecule has 9 heteroatoms. The van der Waals surface area contributed by atoms with E-state index in [1.165, 1.54) is 6.07 Å². The summed E-state index contributed by atoms with van der Waals surface area (Å²) < 4.78 is 11.9. The highest BCUT2D eigenvalue weighted by molar-refractivity contribution is 7.57. The number of hydrogen-bond acceptors (Lipinski definition) is 5. The molecule has 0 aliphatic heterocycles. The molecule has 0 aliphatic carbocycles. The first-order valence-corrected chi connectivity index (χ1v) is 7.73. The summed E-state index contributed by atoms with van der Waals surface area (Å²) in [6.07, 6.45) is -0.620. The van der Waals surface area contributed by atoms with Gasteiger partial charge in [-0.25, -0.2) is 0 Å². The predicted molar refractivity (Wildman–Crippen MR) is 70.0 cm³/mol. The Balaban J connectivity index is 2.76. The molecule has 3 N–H and O–H groups in total. The van der Waals surface area contributed by atoms with Crippen LogP contribution >= 0.6 is 7.37 Å². The molecule has 0 bridgehead atoms. The fourth-order valence-corrected chi connectivity index (χ4v) is 3.23.